The van der Waals surface area contributed by atoms with Gasteiger partial charge in [-0.2, -0.15) is 0 Å². The molecule has 1 heterocycles. The molecule has 0 aliphatic rings. The van der Waals surface area contributed by atoms with Crippen molar-refractivity contribution in [2.24, 2.45) is 0 Å². The lowest BCUT2D eigenvalue weighted by Crippen LogP contribution is -2.42. The number of aryl methyl sites for hydroxylation is 1. The topological polar surface area (TPSA) is 89.4 Å². The Kier molecular flexibility index (Phi) is 7.82. The van der Waals surface area contributed by atoms with Crippen LogP contribution >= 0.6 is 0 Å². The van der Waals surface area contributed by atoms with Gasteiger partial charge < -0.3 is 15.0 Å². The van der Waals surface area contributed by atoms with Gasteiger partial charge in [0, 0.05) is 12.2 Å². The van der Waals surface area contributed by atoms with Crippen LogP contribution in [0.4, 0.5) is 10.1 Å². The summed E-state index contributed by atoms with van der Waals surface area (Å²) < 4.78 is 21.2. The number of hydrogen-bond donors (Lipinski definition) is 1. The first kappa shape index (κ1) is 26.6. The highest BCUT2D eigenvalue weighted by Crippen LogP contribution is 2.27. The van der Waals surface area contributed by atoms with E-state index in [9.17, 15) is 14.0 Å². The molecule has 2 amide bonds. The second-order valence-electron chi connectivity index (χ2n) is 9.42. The molecular formula is C31H28FN5O3. The zero-order valence-electron chi connectivity index (χ0n) is 22.1. The fourth-order valence-corrected chi connectivity index (χ4v) is 4.50. The third kappa shape index (κ3) is 5.99. The van der Waals surface area contributed by atoms with Crippen LogP contribution in [0.25, 0.3) is 11.0 Å². The molecule has 0 aliphatic carbocycles. The van der Waals surface area contributed by atoms with Crippen LogP contribution in [-0.2, 0) is 22.7 Å². The predicted molar refractivity (Wildman–Crippen MR) is 150 cm³/mol. The molecule has 0 bridgehead atoms. The van der Waals surface area contributed by atoms with E-state index >= 15 is 0 Å². The van der Waals surface area contributed by atoms with E-state index in [1.165, 1.54) is 27.8 Å². The molecule has 8 nitrogen and oxygen atoms in total. The number of methoxy groups -OCH3 is 1. The first-order valence-electron chi connectivity index (χ1n) is 12.7. The molecule has 0 unspecified atom stereocenters. The quantitative estimate of drug-likeness (QED) is 0.276. The van der Waals surface area contributed by atoms with Crippen molar-refractivity contribution < 1.29 is 18.7 Å². The number of benzene rings is 4. The second kappa shape index (κ2) is 11.8. The maximum Gasteiger partial charge on any atom is 0.251 e. The fraction of sp³-hybridized carbons (Fsp3) is 0.161. The Balaban J connectivity index is 1.54. The summed E-state index contributed by atoms with van der Waals surface area (Å²) in [5.41, 5.74) is 4.08. The number of carbonyl (C=O) groups is 2. The summed E-state index contributed by atoms with van der Waals surface area (Å²) in [4.78, 5) is 29.4. The van der Waals surface area contributed by atoms with Crippen LogP contribution in [0.3, 0.4) is 0 Å². The van der Waals surface area contributed by atoms with Gasteiger partial charge in [-0.3, -0.25) is 9.59 Å². The molecule has 40 heavy (non-hydrogen) atoms. The van der Waals surface area contributed by atoms with E-state index < -0.39 is 17.8 Å². The third-order valence-corrected chi connectivity index (χ3v) is 6.58. The maximum atomic E-state index is 14.4. The van der Waals surface area contributed by atoms with E-state index in [2.05, 4.69) is 15.6 Å². The van der Waals surface area contributed by atoms with Gasteiger partial charge in [0.1, 0.15) is 29.7 Å². The van der Waals surface area contributed by atoms with Crippen molar-refractivity contribution in [2.45, 2.75) is 26.1 Å². The summed E-state index contributed by atoms with van der Waals surface area (Å²) in [7, 11) is 1.56. The van der Waals surface area contributed by atoms with Gasteiger partial charge in [-0.05, 0) is 66.6 Å². The Labute approximate surface area is 231 Å². The Hall–Kier alpha value is -5.05. The lowest BCUT2D eigenvalue weighted by atomic mass is 10.0. The van der Waals surface area contributed by atoms with Crippen LogP contribution in [0.5, 0.6) is 5.75 Å². The number of hydrogen-bond acceptors (Lipinski definition) is 5. The van der Waals surface area contributed by atoms with Crippen LogP contribution in [0.15, 0.2) is 97.1 Å². The molecule has 5 aromatic rings. The molecule has 0 aliphatic heterocycles. The molecule has 1 aromatic heterocycles. The molecule has 1 atom stereocenters. The van der Waals surface area contributed by atoms with Crippen molar-refractivity contribution >= 4 is 28.5 Å². The zero-order valence-corrected chi connectivity index (χ0v) is 22.1. The number of nitrogens with one attached hydrogen (secondary N) is 1. The number of carbonyl (C=O) groups excluding carboxylic acids is 2. The number of anilines is 1. The number of aromatic nitrogens is 3. The van der Waals surface area contributed by atoms with Crippen LogP contribution < -0.4 is 10.1 Å². The Morgan fingerprint density at radius 1 is 0.975 bits per heavy atom. The molecule has 9 heteroatoms. The summed E-state index contributed by atoms with van der Waals surface area (Å²) in [5, 5.41) is 11.2. The number of rotatable bonds is 9. The average Bonchev–Trinajstić information content (AvgIpc) is 3.37. The highest BCUT2D eigenvalue weighted by Gasteiger charge is 2.32. The molecule has 0 saturated heterocycles. The van der Waals surface area contributed by atoms with Crippen LogP contribution in [0.2, 0.25) is 0 Å². The minimum atomic E-state index is -1.14. The normalized spacial score (nSPS) is 11.7. The lowest BCUT2D eigenvalue weighted by Gasteiger charge is -2.31. The number of para-hydroxylation sites is 1. The number of fused-ring (bicyclic) bond motifs is 1. The summed E-state index contributed by atoms with van der Waals surface area (Å²) >= 11 is 0. The Morgan fingerprint density at radius 3 is 2.45 bits per heavy atom. The van der Waals surface area contributed by atoms with Crippen molar-refractivity contribution in [1.29, 1.82) is 0 Å². The standard InChI is InChI=1S/C31H28FN5O3/c1-21-10-12-22(13-11-21)19-36(29(38)20-37-28-9-4-3-8-27(28)34-35-37)30(23-6-5-7-24(32)18-23)31(39)33-25-14-16-26(40-2)17-15-25/h3-18,30H,19-20H2,1-2H3,(H,33,39)/t30-/m0/s1. The summed E-state index contributed by atoms with van der Waals surface area (Å²) in [6, 6.07) is 26.5. The summed E-state index contributed by atoms with van der Waals surface area (Å²) in [6.07, 6.45) is 0. The highest BCUT2D eigenvalue weighted by atomic mass is 19.1. The van der Waals surface area contributed by atoms with Gasteiger partial charge in [0.15, 0.2) is 0 Å². The lowest BCUT2D eigenvalue weighted by molar-refractivity contribution is -0.140. The van der Waals surface area contributed by atoms with Crippen LogP contribution in [0.1, 0.15) is 22.7 Å². The van der Waals surface area contributed by atoms with Crippen LogP contribution in [0, 0.1) is 12.7 Å². The number of nitrogens with zero attached hydrogens (tertiary/aromatic N) is 4. The molecular weight excluding hydrogens is 509 g/mol. The number of halogens is 1. The second-order valence-corrected chi connectivity index (χ2v) is 9.42. The van der Waals surface area contributed by atoms with Gasteiger partial charge in [0.05, 0.1) is 12.6 Å². The monoisotopic (exact) mass is 537 g/mol. The predicted octanol–water partition coefficient (Wildman–Crippen LogP) is 5.30. The maximum absolute atomic E-state index is 14.4. The molecule has 0 spiro atoms. The highest BCUT2D eigenvalue weighted by molar-refractivity contribution is 5.98. The molecule has 0 radical (unpaired) electrons. The SMILES string of the molecule is COc1ccc(NC(=O)[C@H](c2cccc(F)c2)N(Cc2ccc(C)cc2)C(=O)Cn2nnc3ccccc32)cc1. The summed E-state index contributed by atoms with van der Waals surface area (Å²) in [6.45, 7) is 1.93. The Morgan fingerprint density at radius 2 is 1.73 bits per heavy atom. The van der Waals surface area contributed by atoms with Gasteiger partial charge in [0.25, 0.3) is 5.91 Å². The summed E-state index contributed by atoms with van der Waals surface area (Å²) in [5.74, 6) is -0.740. The van der Waals surface area contributed by atoms with Crippen molar-refractivity contribution in [3.63, 3.8) is 0 Å². The van der Waals surface area contributed by atoms with Crippen molar-refractivity contribution in [3.05, 3.63) is 120 Å². The van der Waals surface area contributed by atoms with Gasteiger partial charge in [-0.15, -0.1) is 5.10 Å². The van der Waals surface area contributed by atoms with E-state index in [0.29, 0.717) is 28.0 Å². The molecule has 5 rings (SSSR count). The van der Waals surface area contributed by atoms with Gasteiger partial charge in [0.2, 0.25) is 5.91 Å². The minimum absolute atomic E-state index is 0.114. The van der Waals surface area contributed by atoms with Gasteiger partial charge in [-0.25, -0.2) is 9.07 Å². The molecule has 1 N–H and O–H groups in total. The van der Waals surface area contributed by atoms with Gasteiger partial charge in [-0.1, -0.05) is 59.3 Å². The Bertz CT molecular complexity index is 1630. The number of amides is 2. The molecule has 202 valence electrons. The molecule has 0 saturated carbocycles. The van der Waals surface area contributed by atoms with Gasteiger partial charge >= 0.3 is 0 Å². The largest absolute Gasteiger partial charge is 0.497 e. The smallest absolute Gasteiger partial charge is 0.251 e. The van der Waals surface area contributed by atoms with Crippen molar-refractivity contribution in [3.8, 4) is 5.75 Å². The van der Waals surface area contributed by atoms with E-state index in [4.69, 9.17) is 4.74 Å². The van der Waals surface area contributed by atoms with E-state index in [1.807, 2.05) is 55.5 Å². The van der Waals surface area contributed by atoms with E-state index in [-0.39, 0.29) is 19.0 Å². The average molecular weight is 538 g/mol. The minimum Gasteiger partial charge on any atom is -0.497 e. The third-order valence-electron chi connectivity index (χ3n) is 6.58. The fourth-order valence-electron chi connectivity index (χ4n) is 4.50. The molecule has 0 fully saturated rings. The molecule has 4 aromatic carbocycles. The van der Waals surface area contributed by atoms with E-state index in [0.717, 1.165) is 11.1 Å². The van der Waals surface area contributed by atoms with Crippen molar-refractivity contribution in [2.75, 3.05) is 12.4 Å². The number of ether oxygens (including phenoxy) is 1. The van der Waals surface area contributed by atoms with Crippen LogP contribution in [-0.4, -0.2) is 38.8 Å². The van der Waals surface area contributed by atoms with E-state index in [1.54, 1.807) is 37.4 Å². The first-order chi connectivity index (χ1) is 19.4. The zero-order chi connectivity index (χ0) is 28.1. The first-order valence-corrected chi connectivity index (χ1v) is 12.7. The van der Waals surface area contributed by atoms with Crippen molar-refractivity contribution in [1.82, 2.24) is 19.9 Å².